The van der Waals surface area contributed by atoms with Gasteiger partial charge in [-0.25, -0.2) is 0 Å². The first-order valence-corrected chi connectivity index (χ1v) is 8.04. The lowest BCUT2D eigenvalue weighted by molar-refractivity contribution is 0.493. The standard InChI is InChI=1S/C12H27NO2S/c1-2-3-4-5-6-7-8-9-11-16(14,15)12-10-13/h10,12,14-15H,2-9,11,13H2,1H3/b12-10+. The van der Waals surface area contributed by atoms with Gasteiger partial charge in [-0.2, -0.15) is 10.6 Å². The summed E-state index contributed by atoms with van der Waals surface area (Å²) >= 11 is 0. The minimum atomic E-state index is -2.54. The van der Waals surface area contributed by atoms with E-state index in [9.17, 15) is 9.11 Å². The summed E-state index contributed by atoms with van der Waals surface area (Å²) in [4.78, 5) is 0. The van der Waals surface area contributed by atoms with E-state index in [0.29, 0.717) is 5.75 Å². The Morgan fingerprint density at radius 2 is 1.44 bits per heavy atom. The maximum Gasteiger partial charge on any atom is 0.0418 e. The molecule has 0 saturated heterocycles. The molecule has 0 aliphatic heterocycles. The van der Waals surface area contributed by atoms with Gasteiger partial charge in [0.25, 0.3) is 0 Å². The summed E-state index contributed by atoms with van der Waals surface area (Å²) in [5.41, 5.74) is 5.13. The minimum absolute atomic E-state index is 0.454. The number of nitrogens with two attached hydrogens (primary N) is 1. The van der Waals surface area contributed by atoms with Gasteiger partial charge >= 0.3 is 0 Å². The molecule has 3 nitrogen and oxygen atoms in total. The fourth-order valence-electron chi connectivity index (χ4n) is 1.64. The largest absolute Gasteiger partial charge is 0.404 e. The van der Waals surface area contributed by atoms with Gasteiger partial charge in [-0.1, -0.05) is 51.9 Å². The highest BCUT2D eigenvalue weighted by atomic mass is 32.3. The van der Waals surface area contributed by atoms with Gasteiger partial charge in [-0.05, 0) is 6.42 Å². The van der Waals surface area contributed by atoms with Crippen LogP contribution in [0.5, 0.6) is 0 Å². The monoisotopic (exact) mass is 249 g/mol. The van der Waals surface area contributed by atoms with E-state index in [1.807, 2.05) is 0 Å². The zero-order valence-electron chi connectivity index (χ0n) is 10.4. The van der Waals surface area contributed by atoms with Crippen LogP contribution < -0.4 is 5.73 Å². The predicted molar refractivity (Wildman–Crippen MR) is 73.7 cm³/mol. The molecule has 0 aliphatic rings. The van der Waals surface area contributed by atoms with E-state index < -0.39 is 10.6 Å². The molecule has 0 rings (SSSR count). The maximum atomic E-state index is 9.46. The Kier molecular flexibility index (Phi) is 9.88. The molecule has 0 unspecified atom stereocenters. The fraction of sp³-hybridized carbons (Fsp3) is 0.833. The van der Waals surface area contributed by atoms with Gasteiger partial charge in [0.1, 0.15) is 0 Å². The zero-order valence-corrected chi connectivity index (χ0v) is 11.2. The lowest BCUT2D eigenvalue weighted by Crippen LogP contribution is -2.00. The Balaban J connectivity index is 3.27. The van der Waals surface area contributed by atoms with E-state index in [1.165, 1.54) is 50.1 Å². The molecule has 4 heteroatoms. The summed E-state index contributed by atoms with van der Waals surface area (Å²) in [6.45, 7) is 2.22. The highest BCUT2D eigenvalue weighted by molar-refractivity contribution is 8.26. The summed E-state index contributed by atoms with van der Waals surface area (Å²) in [7, 11) is -2.54. The van der Waals surface area contributed by atoms with Gasteiger partial charge in [0, 0.05) is 17.4 Å². The molecule has 98 valence electrons. The molecular weight excluding hydrogens is 222 g/mol. The molecule has 0 bridgehead atoms. The van der Waals surface area contributed by atoms with Crippen molar-refractivity contribution in [3.8, 4) is 0 Å². The third kappa shape index (κ3) is 10.3. The first kappa shape index (κ1) is 15.8. The highest BCUT2D eigenvalue weighted by Gasteiger charge is 2.06. The van der Waals surface area contributed by atoms with Crippen molar-refractivity contribution in [1.29, 1.82) is 0 Å². The van der Waals surface area contributed by atoms with Gasteiger partial charge in [0.2, 0.25) is 0 Å². The van der Waals surface area contributed by atoms with Crippen LogP contribution in [0.2, 0.25) is 0 Å². The molecule has 0 heterocycles. The van der Waals surface area contributed by atoms with E-state index in [1.54, 1.807) is 0 Å². The van der Waals surface area contributed by atoms with Gasteiger partial charge in [0.15, 0.2) is 0 Å². The van der Waals surface area contributed by atoms with Gasteiger partial charge in [0.05, 0.1) is 0 Å². The van der Waals surface area contributed by atoms with Crippen LogP contribution >= 0.6 is 10.6 Å². The Morgan fingerprint density at radius 1 is 0.938 bits per heavy atom. The lowest BCUT2D eigenvalue weighted by Gasteiger charge is -2.27. The molecular formula is C12H27NO2S. The van der Waals surface area contributed by atoms with E-state index >= 15 is 0 Å². The maximum absolute atomic E-state index is 9.46. The minimum Gasteiger partial charge on any atom is -0.404 e. The summed E-state index contributed by atoms with van der Waals surface area (Å²) in [5, 5.41) is 1.31. The second kappa shape index (κ2) is 10.00. The number of unbranched alkanes of at least 4 members (excludes halogenated alkanes) is 7. The molecule has 0 spiro atoms. The molecule has 0 saturated carbocycles. The van der Waals surface area contributed by atoms with E-state index in [4.69, 9.17) is 5.73 Å². The molecule has 0 atom stereocenters. The van der Waals surface area contributed by atoms with Crippen molar-refractivity contribution in [2.24, 2.45) is 5.73 Å². The van der Waals surface area contributed by atoms with Crippen LogP contribution in [0, 0.1) is 0 Å². The van der Waals surface area contributed by atoms with Crippen LogP contribution in [-0.4, -0.2) is 14.9 Å². The molecule has 16 heavy (non-hydrogen) atoms. The van der Waals surface area contributed by atoms with Crippen molar-refractivity contribution in [1.82, 2.24) is 0 Å². The first-order valence-electron chi connectivity index (χ1n) is 6.26. The van der Waals surface area contributed by atoms with Crippen LogP contribution in [-0.2, 0) is 0 Å². The molecule has 0 radical (unpaired) electrons. The van der Waals surface area contributed by atoms with Crippen molar-refractivity contribution < 1.29 is 9.11 Å². The van der Waals surface area contributed by atoms with Gasteiger partial charge in [-0.3, -0.25) is 9.11 Å². The third-order valence-corrected chi connectivity index (χ3v) is 4.08. The van der Waals surface area contributed by atoms with E-state index in [-0.39, 0.29) is 0 Å². The topological polar surface area (TPSA) is 66.5 Å². The summed E-state index contributed by atoms with van der Waals surface area (Å²) in [5.74, 6) is 0.454. The first-order chi connectivity index (χ1) is 7.62. The lowest BCUT2D eigenvalue weighted by atomic mass is 10.1. The van der Waals surface area contributed by atoms with Crippen LogP contribution in [0.1, 0.15) is 58.3 Å². The van der Waals surface area contributed by atoms with Crippen LogP contribution in [0.3, 0.4) is 0 Å². The van der Waals surface area contributed by atoms with Crippen molar-refractivity contribution in [3.63, 3.8) is 0 Å². The second-order valence-electron chi connectivity index (χ2n) is 4.22. The fourth-order valence-corrected chi connectivity index (χ4v) is 2.66. The van der Waals surface area contributed by atoms with Crippen molar-refractivity contribution >= 4 is 10.6 Å². The van der Waals surface area contributed by atoms with Crippen molar-refractivity contribution in [2.75, 3.05) is 5.75 Å². The average Bonchev–Trinajstić information content (AvgIpc) is 2.22. The summed E-state index contributed by atoms with van der Waals surface area (Å²) < 4.78 is 18.9. The Labute approximate surface area is 101 Å². The van der Waals surface area contributed by atoms with Crippen LogP contribution in [0.15, 0.2) is 11.6 Å². The number of hydrogen-bond donors (Lipinski definition) is 3. The average molecular weight is 249 g/mol. The number of rotatable bonds is 10. The molecule has 0 aromatic heterocycles. The normalized spacial score (nSPS) is 13.4. The Bertz CT molecular complexity index is 184. The van der Waals surface area contributed by atoms with Gasteiger partial charge in [-0.15, -0.1) is 0 Å². The summed E-state index contributed by atoms with van der Waals surface area (Å²) in [6, 6.07) is 0. The highest BCUT2D eigenvalue weighted by Crippen LogP contribution is 2.40. The smallest absolute Gasteiger partial charge is 0.0418 e. The van der Waals surface area contributed by atoms with Crippen LogP contribution in [0.25, 0.3) is 0 Å². The van der Waals surface area contributed by atoms with Crippen LogP contribution in [0.4, 0.5) is 0 Å². The third-order valence-electron chi connectivity index (χ3n) is 2.59. The molecule has 0 aromatic carbocycles. The molecule has 0 aromatic rings. The van der Waals surface area contributed by atoms with E-state index in [2.05, 4.69) is 6.92 Å². The predicted octanol–water partition coefficient (Wildman–Crippen LogP) is 4.31. The Hall–Kier alpha value is -0.190. The van der Waals surface area contributed by atoms with E-state index in [0.717, 1.165) is 12.8 Å². The zero-order chi connectivity index (χ0) is 12.3. The van der Waals surface area contributed by atoms with Gasteiger partial charge < -0.3 is 5.73 Å². The molecule has 4 N–H and O–H groups in total. The SMILES string of the molecule is CCCCCCCCCCS(O)(O)/C=C/N. The van der Waals surface area contributed by atoms with Crippen molar-refractivity contribution in [2.45, 2.75) is 58.3 Å². The molecule has 0 amide bonds. The summed E-state index contributed by atoms with van der Waals surface area (Å²) in [6.07, 6.45) is 10.9. The molecule has 0 fully saturated rings. The van der Waals surface area contributed by atoms with Crippen molar-refractivity contribution in [3.05, 3.63) is 11.6 Å². The quantitative estimate of drug-likeness (QED) is 0.505. The Morgan fingerprint density at radius 3 is 1.94 bits per heavy atom. The molecule has 0 aliphatic carbocycles. The number of hydrogen-bond acceptors (Lipinski definition) is 3. The second-order valence-corrected chi connectivity index (χ2v) is 6.34.